The van der Waals surface area contributed by atoms with Gasteiger partial charge >= 0.3 is 0 Å². The molecule has 1 saturated carbocycles. The SMILES string of the molecule is Cc1cc(OCCn2c(C(C)NC(=O)C3CCCCC3)nc3ccccc32)cc(C)c1Cl. The van der Waals surface area contributed by atoms with Gasteiger partial charge in [0.15, 0.2) is 0 Å². The molecule has 32 heavy (non-hydrogen) atoms. The number of hydrogen-bond donors (Lipinski definition) is 1. The molecule has 4 rings (SSSR count). The Hall–Kier alpha value is -2.53. The second kappa shape index (κ2) is 9.95. The van der Waals surface area contributed by atoms with E-state index in [0.717, 1.165) is 64.4 Å². The lowest BCUT2D eigenvalue weighted by atomic mass is 9.88. The molecule has 2 aromatic carbocycles. The summed E-state index contributed by atoms with van der Waals surface area (Å²) in [7, 11) is 0. The minimum atomic E-state index is -0.170. The first-order valence-electron chi connectivity index (χ1n) is 11.6. The Balaban J connectivity index is 1.50. The molecule has 1 atom stereocenters. The molecule has 1 aliphatic rings. The fraction of sp³-hybridized carbons (Fsp3) is 0.462. The molecule has 1 aliphatic carbocycles. The Bertz CT molecular complexity index is 1080. The molecular formula is C26H32ClN3O2. The summed E-state index contributed by atoms with van der Waals surface area (Å²) in [5.41, 5.74) is 4.00. The van der Waals surface area contributed by atoms with Gasteiger partial charge in [-0.2, -0.15) is 0 Å². The number of nitrogens with one attached hydrogen (secondary N) is 1. The molecule has 0 saturated heterocycles. The quantitative estimate of drug-likeness (QED) is 0.467. The number of aryl methyl sites for hydroxylation is 2. The third-order valence-corrected chi connectivity index (χ3v) is 7.00. The third kappa shape index (κ3) is 4.93. The van der Waals surface area contributed by atoms with Crippen LogP contribution in [0, 0.1) is 19.8 Å². The van der Waals surface area contributed by atoms with Crippen LogP contribution in [0.25, 0.3) is 11.0 Å². The van der Waals surface area contributed by atoms with E-state index in [1.807, 2.05) is 51.1 Å². The van der Waals surface area contributed by atoms with Crippen LogP contribution in [0.15, 0.2) is 36.4 Å². The Morgan fingerprint density at radius 3 is 2.59 bits per heavy atom. The molecule has 1 N–H and O–H groups in total. The van der Waals surface area contributed by atoms with E-state index < -0.39 is 0 Å². The van der Waals surface area contributed by atoms with E-state index in [2.05, 4.69) is 16.0 Å². The van der Waals surface area contributed by atoms with E-state index in [1.54, 1.807) is 0 Å². The van der Waals surface area contributed by atoms with Crippen LogP contribution in [0.1, 0.15) is 62.0 Å². The summed E-state index contributed by atoms with van der Waals surface area (Å²) in [6.45, 7) is 7.13. The van der Waals surface area contributed by atoms with Gasteiger partial charge in [0.2, 0.25) is 5.91 Å². The normalized spacial score (nSPS) is 15.6. The average molecular weight is 454 g/mol. The zero-order valence-corrected chi connectivity index (χ0v) is 19.9. The Morgan fingerprint density at radius 2 is 1.88 bits per heavy atom. The molecular weight excluding hydrogens is 422 g/mol. The van der Waals surface area contributed by atoms with E-state index in [-0.39, 0.29) is 17.9 Å². The van der Waals surface area contributed by atoms with Crippen molar-refractivity contribution in [3.63, 3.8) is 0 Å². The first-order valence-corrected chi connectivity index (χ1v) is 12.0. The molecule has 5 nitrogen and oxygen atoms in total. The number of carbonyl (C=O) groups excluding carboxylic acids is 1. The number of aromatic nitrogens is 2. The van der Waals surface area contributed by atoms with Gasteiger partial charge in [-0.25, -0.2) is 4.98 Å². The molecule has 0 radical (unpaired) electrons. The number of imidazole rings is 1. The first kappa shape index (κ1) is 22.7. The van der Waals surface area contributed by atoms with E-state index in [1.165, 1.54) is 6.42 Å². The molecule has 0 aliphatic heterocycles. The summed E-state index contributed by atoms with van der Waals surface area (Å²) >= 11 is 6.28. The number of fused-ring (bicyclic) bond motifs is 1. The molecule has 1 fully saturated rings. The largest absolute Gasteiger partial charge is 0.492 e. The molecule has 3 aromatic rings. The molecule has 170 valence electrons. The Kier molecular flexibility index (Phi) is 7.04. The fourth-order valence-corrected chi connectivity index (χ4v) is 4.77. The third-order valence-electron chi connectivity index (χ3n) is 6.40. The predicted octanol–water partition coefficient (Wildman–Crippen LogP) is 6.14. The number of benzene rings is 2. The van der Waals surface area contributed by atoms with Crippen molar-refractivity contribution in [2.45, 2.75) is 65.5 Å². The number of carbonyl (C=O) groups is 1. The van der Waals surface area contributed by atoms with Crippen LogP contribution in [0.5, 0.6) is 5.75 Å². The maximum atomic E-state index is 12.8. The summed E-state index contributed by atoms with van der Waals surface area (Å²) < 4.78 is 8.22. The van der Waals surface area contributed by atoms with Gasteiger partial charge in [-0.3, -0.25) is 4.79 Å². The summed E-state index contributed by atoms with van der Waals surface area (Å²) in [5, 5.41) is 4.00. The minimum absolute atomic E-state index is 0.128. The zero-order valence-electron chi connectivity index (χ0n) is 19.2. The number of amides is 1. The smallest absolute Gasteiger partial charge is 0.223 e. The Labute approximate surface area is 195 Å². The number of para-hydroxylation sites is 2. The van der Waals surface area contributed by atoms with E-state index in [9.17, 15) is 4.79 Å². The van der Waals surface area contributed by atoms with Crippen LogP contribution in [0.3, 0.4) is 0 Å². The fourth-order valence-electron chi connectivity index (χ4n) is 4.66. The highest BCUT2D eigenvalue weighted by atomic mass is 35.5. The van der Waals surface area contributed by atoms with Crippen molar-refractivity contribution < 1.29 is 9.53 Å². The highest BCUT2D eigenvalue weighted by Gasteiger charge is 2.24. The van der Waals surface area contributed by atoms with Gasteiger partial charge in [-0.15, -0.1) is 0 Å². The number of hydrogen-bond acceptors (Lipinski definition) is 3. The molecule has 0 spiro atoms. The second-order valence-electron chi connectivity index (χ2n) is 8.90. The van der Waals surface area contributed by atoms with Crippen LogP contribution in [0.2, 0.25) is 5.02 Å². The monoisotopic (exact) mass is 453 g/mol. The summed E-state index contributed by atoms with van der Waals surface area (Å²) in [4.78, 5) is 17.7. The van der Waals surface area contributed by atoms with Crippen LogP contribution < -0.4 is 10.1 Å². The number of ether oxygens (including phenoxy) is 1. The van der Waals surface area contributed by atoms with Crippen molar-refractivity contribution >= 4 is 28.5 Å². The van der Waals surface area contributed by atoms with Gasteiger partial charge in [-0.05, 0) is 69.0 Å². The highest BCUT2D eigenvalue weighted by molar-refractivity contribution is 6.32. The van der Waals surface area contributed by atoms with Crippen LogP contribution >= 0.6 is 11.6 Å². The number of nitrogens with zero attached hydrogens (tertiary/aromatic N) is 2. The lowest BCUT2D eigenvalue weighted by Gasteiger charge is -2.23. The summed E-state index contributed by atoms with van der Waals surface area (Å²) in [6.07, 6.45) is 5.51. The topological polar surface area (TPSA) is 56.1 Å². The molecule has 0 bridgehead atoms. The van der Waals surface area contributed by atoms with Gasteiger partial charge in [0.25, 0.3) is 0 Å². The molecule has 1 unspecified atom stereocenters. The molecule has 6 heteroatoms. The van der Waals surface area contributed by atoms with Crippen molar-refractivity contribution in [2.24, 2.45) is 5.92 Å². The van der Waals surface area contributed by atoms with Crippen molar-refractivity contribution in [3.8, 4) is 5.75 Å². The van der Waals surface area contributed by atoms with Crippen LogP contribution in [-0.4, -0.2) is 22.1 Å². The van der Waals surface area contributed by atoms with Crippen molar-refractivity contribution in [1.82, 2.24) is 14.9 Å². The standard InChI is InChI=1S/C26H32ClN3O2/c1-17-15-21(16-18(2)24(17)27)32-14-13-30-23-12-8-7-11-22(23)29-25(30)19(3)28-26(31)20-9-5-4-6-10-20/h7-8,11-12,15-16,19-20H,4-6,9-10,13-14H2,1-3H3,(H,28,31). The lowest BCUT2D eigenvalue weighted by Crippen LogP contribution is -2.35. The van der Waals surface area contributed by atoms with E-state index in [0.29, 0.717) is 13.2 Å². The number of rotatable bonds is 7. The maximum Gasteiger partial charge on any atom is 0.223 e. The average Bonchev–Trinajstić information content (AvgIpc) is 3.17. The van der Waals surface area contributed by atoms with Crippen LogP contribution in [-0.2, 0) is 11.3 Å². The van der Waals surface area contributed by atoms with E-state index >= 15 is 0 Å². The molecule has 1 aromatic heterocycles. The summed E-state index contributed by atoms with van der Waals surface area (Å²) in [5.74, 6) is 1.96. The molecule has 1 amide bonds. The van der Waals surface area contributed by atoms with Gasteiger partial charge in [-0.1, -0.05) is 43.0 Å². The van der Waals surface area contributed by atoms with Gasteiger partial charge in [0, 0.05) is 10.9 Å². The minimum Gasteiger partial charge on any atom is -0.492 e. The number of halogens is 1. The van der Waals surface area contributed by atoms with Crippen LogP contribution in [0.4, 0.5) is 0 Å². The zero-order chi connectivity index (χ0) is 22.7. The van der Waals surface area contributed by atoms with Gasteiger partial charge < -0.3 is 14.6 Å². The second-order valence-corrected chi connectivity index (χ2v) is 9.27. The van der Waals surface area contributed by atoms with Gasteiger partial charge in [0.05, 0.1) is 23.6 Å². The van der Waals surface area contributed by atoms with Crippen molar-refractivity contribution in [2.75, 3.05) is 6.61 Å². The lowest BCUT2D eigenvalue weighted by molar-refractivity contribution is -0.126. The van der Waals surface area contributed by atoms with Crippen molar-refractivity contribution in [1.29, 1.82) is 0 Å². The molecule has 1 heterocycles. The van der Waals surface area contributed by atoms with E-state index in [4.69, 9.17) is 21.3 Å². The summed E-state index contributed by atoms with van der Waals surface area (Å²) in [6, 6.07) is 11.9. The van der Waals surface area contributed by atoms with Crippen molar-refractivity contribution in [3.05, 3.63) is 58.4 Å². The predicted molar refractivity (Wildman–Crippen MR) is 129 cm³/mol. The highest BCUT2D eigenvalue weighted by Crippen LogP contribution is 2.27. The first-order chi connectivity index (χ1) is 15.4. The maximum absolute atomic E-state index is 12.8. The van der Waals surface area contributed by atoms with Gasteiger partial charge in [0.1, 0.15) is 18.2 Å². The Morgan fingerprint density at radius 1 is 1.19 bits per heavy atom.